The molecule has 0 aliphatic carbocycles. The van der Waals surface area contributed by atoms with E-state index in [2.05, 4.69) is 10.6 Å². The third-order valence-electron chi connectivity index (χ3n) is 4.55. The van der Waals surface area contributed by atoms with Crippen LogP contribution in [0.25, 0.3) is 0 Å². The fraction of sp³-hybridized carbons (Fsp3) is 0.167. The smallest absolute Gasteiger partial charge is 0.265 e. The van der Waals surface area contributed by atoms with Crippen LogP contribution in [-0.2, 0) is 4.79 Å². The van der Waals surface area contributed by atoms with Crippen molar-refractivity contribution in [2.75, 3.05) is 10.6 Å². The van der Waals surface area contributed by atoms with Gasteiger partial charge in [-0.05, 0) is 86.5 Å². The molecule has 0 radical (unpaired) electrons. The van der Waals surface area contributed by atoms with E-state index < -0.39 is 6.10 Å². The van der Waals surface area contributed by atoms with Crippen molar-refractivity contribution in [1.82, 2.24) is 0 Å². The van der Waals surface area contributed by atoms with E-state index in [9.17, 15) is 9.59 Å². The third-order valence-corrected chi connectivity index (χ3v) is 4.80. The lowest BCUT2D eigenvalue weighted by atomic mass is 10.1. The summed E-state index contributed by atoms with van der Waals surface area (Å²) in [5.74, 6) is 0.0134. The molecule has 5 nitrogen and oxygen atoms in total. The van der Waals surface area contributed by atoms with Crippen LogP contribution in [0.5, 0.6) is 5.75 Å². The zero-order chi connectivity index (χ0) is 21.7. The Kier molecular flexibility index (Phi) is 6.75. The fourth-order valence-corrected chi connectivity index (χ4v) is 2.91. The number of benzene rings is 3. The van der Waals surface area contributed by atoms with E-state index in [0.29, 0.717) is 22.0 Å². The Morgan fingerprint density at radius 3 is 2.23 bits per heavy atom. The molecule has 0 bridgehead atoms. The van der Waals surface area contributed by atoms with E-state index in [1.54, 1.807) is 55.5 Å². The Bertz CT molecular complexity index is 1050. The standard InChI is InChI=1S/C24H23ClN2O3/c1-15-4-5-16(2)22(14-15)27-23(28)17(3)30-21-12-6-18(7-13-21)24(29)26-20-10-8-19(25)9-11-20/h4-14,17H,1-3H3,(H,26,29)(H,27,28). The average Bonchev–Trinajstić information content (AvgIpc) is 2.72. The maximum absolute atomic E-state index is 12.5. The van der Waals surface area contributed by atoms with Gasteiger partial charge >= 0.3 is 0 Å². The van der Waals surface area contributed by atoms with Gasteiger partial charge in [-0.1, -0.05) is 23.7 Å². The molecule has 30 heavy (non-hydrogen) atoms. The monoisotopic (exact) mass is 422 g/mol. The van der Waals surface area contributed by atoms with Gasteiger partial charge in [0.05, 0.1) is 0 Å². The number of hydrogen-bond donors (Lipinski definition) is 2. The molecule has 0 saturated heterocycles. The maximum Gasteiger partial charge on any atom is 0.265 e. The van der Waals surface area contributed by atoms with E-state index in [4.69, 9.17) is 16.3 Å². The number of aryl methyl sites for hydroxylation is 2. The Balaban J connectivity index is 1.59. The van der Waals surface area contributed by atoms with Crippen molar-refractivity contribution in [3.63, 3.8) is 0 Å². The van der Waals surface area contributed by atoms with Crippen molar-refractivity contribution in [2.24, 2.45) is 0 Å². The van der Waals surface area contributed by atoms with Crippen LogP contribution in [0.1, 0.15) is 28.4 Å². The summed E-state index contributed by atoms with van der Waals surface area (Å²) >= 11 is 5.85. The van der Waals surface area contributed by atoms with Gasteiger partial charge in [-0.15, -0.1) is 0 Å². The van der Waals surface area contributed by atoms with Crippen molar-refractivity contribution in [1.29, 1.82) is 0 Å². The van der Waals surface area contributed by atoms with Crippen LogP contribution in [0.3, 0.4) is 0 Å². The van der Waals surface area contributed by atoms with Crippen molar-refractivity contribution in [3.8, 4) is 5.75 Å². The largest absolute Gasteiger partial charge is 0.481 e. The summed E-state index contributed by atoms with van der Waals surface area (Å²) in [4.78, 5) is 24.8. The van der Waals surface area contributed by atoms with Gasteiger partial charge in [-0.2, -0.15) is 0 Å². The molecular weight excluding hydrogens is 400 g/mol. The number of carbonyl (C=O) groups is 2. The zero-order valence-corrected chi connectivity index (χ0v) is 17.8. The molecule has 0 heterocycles. The first kappa shape index (κ1) is 21.4. The van der Waals surface area contributed by atoms with E-state index in [0.717, 1.165) is 16.8 Å². The minimum absolute atomic E-state index is 0.242. The SMILES string of the molecule is Cc1ccc(C)c(NC(=O)C(C)Oc2ccc(C(=O)Nc3ccc(Cl)cc3)cc2)c1. The highest BCUT2D eigenvalue weighted by atomic mass is 35.5. The number of rotatable bonds is 6. The Hall–Kier alpha value is -3.31. The van der Waals surface area contributed by atoms with Crippen LogP contribution in [0.15, 0.2) is 66.7 Å². The molecule has 3 rings (SSSR count). The van der Waals surface area contributed by atoms with Crippen molar-refractivity contribution < 1.29 is 14.3 Å². The Morgan fingerprint density at radius 2 is 1.57 bits per heavy atom. The van der Waals surface area contributed by atoms with E-state index in [-0.39, 0.29) is 11.8 Å². The van der Waals surface area contributed by atoms with Gasteiger partial charge in [0.15, 0.2) is 6.10 Å². The van der Waals surface area contributed by atoms with Gasteiger partial charge in [-0.3, -0.25) is 9.59 Å². The molecule has 0 aliphatic rings. The van der Waals surface area contributed by atoms with Gasteiger partial charge in [0.2, 0.25) is 0 Å². The van der Waals surface area contributed by atoms with Gasteiger partial charge in [0.1, 0.15) is 5.75 Å². The first-order valence-electron chi connectivity index (χ1n) is 9.53. The van der Waals surface area contributed by atoms with Crippen molar-refractivity contribution in [2.45, 2.75) is 26.9 Å². The molecule has 1 unspecified atom stereocenters. The van der Waals surface area contributed by atoms with Crippen LogP contribution >= 0.6 is 11.6 Å². The first-order valence-corrected chi connectivity index (χ1v) is 9.91. The van der Waals surface area contributed by atoms with Gasteiger partial charge in [-0.25, -0.2) is 0 Å². The summed E-state index contributed by atoms with van der Waals surface area (Å²) < 4.78 is 5.73. The van der Waals surface area contributed by atoms with E-state index >= 15 is 0 Å². The molecule has 0 fully saturated rings. The number of ether oxygens (including phenoxy) is 1. The van der Waals surface area contributed by atoms with Gasteiger partial charge in [0, 0.05) is 22.0 Å². The summed E-state index contributed by atoms with van der Waals surface area (Å²) in [6, 6.07) is 19.4. The number of anilines is 2. The zero-order valence-electron chi connectivity index (χ0n) is 17.0. The molecule has 154 valence electrons. The highest BCUT2D eigenvalue weighted by Gasteiger charge is 2.16. The summed E-state index contributed by atoms with van der Waals surface area (Å²) in [6.45, 7) is 5.59. The van der Waals surface area contributed by atoms with E-state index in [1.165, 1.54) is 0 Å². The summed E-state index contributed by atoms with van der Waals surface area (Å²) in [5, 5.41) is 6.29. The number of amides is 2. The normalized spacial score (nSPS) is 11.5. The predicted octanol–water partition coefficient (Wildman–Crippen LogP) is 5.62. The number of carbonyl (C=O) groups excluding carboxylic acids is 2. The molecule has 0 aromatic heterocycles. The molecule has 6 heteroatoms. The second-order valence-electron chi connectivity index (χ2n) is 7.05. The fourth-order valence-electron chi connectivity index (χ4n) is 2.78. The van der Waals surface area contributed by atoms with Gasteiger partial charge < -0.3 is 15.4 Å². The number of hydrogen-bond acceptors (Lipinski definition) is 3. The van der Waals surface area contributed by atoms with Gasteiger partial charge in [0.25, 0.3) is 11.8 Å². The van der Waals surface area contributed by atoms with Crippen LogP contribution < -0.4 is 15.4 Å². The second-order valence-corrected chi connectivity index (χ2v) is 7.49. The molecule has 2 N–H and O–H groups in total. The minimum atomic E-state index is -0.696. The Morgan fingerprint density at radius 1 is 0.900 bits per heavy atom. The van der Waals surface area contributed by atoms with Crippen LogP contribution in [0.4, 0.5) is 11.4 Å². The van der Waals surface area contributed by atoms with Crippen molar-refractivity contribution >= 4 is 34.8 Å². The van der Waals surface area contributed by atoms with Crippen LogP contribution in [0.2, 0.25) is 5.02 Å². The molecule has 2 amide bonds. The first-order chi connectivity index (χ1) is 14.3. The molecule has 0 spiro atoms. The second kappa shape index (κ2) is 9.46. The maximum atomic E-state index is 12.5. The van der Waals surface area contributed by atoms with E-state index in [1.807, 2.05) is 32.0 Å². The topological polar surface area (TPSA) is 67.4 Å². The Labute approximate surface area is 181 Å². The summed E-state index contributed by atoms with van der Waals surface area (Å²) in [7, 11) is 0. The lowest BCUT2D eigenvalue weighted by molar-refractivity contribution is -0.122. The highest BCUT2D eigenvalue weighted by molar-refractivity contribution is 6.30. The summed E-state index contributed by atoms with van der Waals surface area (Å²) in [5.41, 5.74) is 3.95. The number of nitrogens with one attached hydrogen (secondary N) is 2. The highest BCUT2D eigenvalue weighted by Crippen LogP contribution is 2.19. The molecular formula is C24H23ClN2O3. The lowest BCUT2D eigenvalue weighted by Crippen LogP contribution is -2.30. The summed E-state index contributed by atoms with van der Waals surface area (Å²) in [6.07, 6.45) is -0.696. The van der Waals surface area contributed by atoms with Crippen LogP contribution in [0, 0.1) is 13.8 Å². The number of halogens is 1. The average molecular weight is 423 g/mol. The molecule has 1 atom stereocenters. The predicted molar refractivity (Wildman–Crippen MR) is 120 cm³/mol. The third kappa shape index (κ3) is 5.61. The van der Waals surface area contributed by atoms with Crippen LogP contribution in [-0.4, -0.2) is 17.9 Å². The molecule has 0 saturated carbocycles. The molecule has 0 aliphatic heterocycles. The van der Waals surface area contributed by atoms with Crippen molar-refractivity contribution in [3.05, 3.63) is 88.4 Å². The quantitative estimate of drug-likeness (QED) is 0.542. The minimum Gasteiger partial charge on any atom is -0.481 e. The molecule has 3 aromatic carbocycles. The molecule has 3 aromatic rings. The lowest BCUT2D eigenvalue weighted by Gasteiger charge is -2.16.